The Balaban J connectivity index is 2.04. The first-order valence-electron chi connectivity index (χ1n) is 12.3. The Kier molecular flexibility index (Phi) is 7.22. The summed E-state index contributed by atoms with van der Waals surface area (Å²) in [6.07, 6.45) is 5.51. The van der Waals surface area contributed by atoms with E-state index in [4.69, 9.17) is 9.47 Å². The van der Waals surface area contributed by atoms with Crippen LogP contribution < -0.4 is 10.4 Å². The molecule has 0 radical (unpaired) electrons. The van der Waals surface area contributed by atoms with E-state index in [2.05, 4.69) is 51.4 Å². The van der Waals surface area contributed by atoms with Crippen LogP contribution in [0.4, 0.5) is 0 Å². The van der Waals surface area contributed by atoms with E-state index >= 15 is 0 Å². The molecule has 1 aromatic carbocycles. The van der Waals surface area contributed by atoms with E-state index in [0.29, 0.717) is 12.8 Å². The maximum atomic E-state index is 13.2. The third-order valence-electron chi connectivity index (χ3n) is 7.55. The van der Waals surface area contributed by atoms with Crippen LogP contribution in [0.15, 0.2) is 24.3 Å². The van der Waals surface area contributed by atoms with Crippen molar-refractivity contribution in [2.24, 2.45) is 5.41 Å². The Bertz CT molecular complexity index is 1020. The number of Topliss-reactive ketones (excluding diaryl/α,β-unsaturated/α-hetero) is 1. The number of esters is 2. The smallest absolute Gasteiger partial charge is 0.330 e. The topological polar surface area (TPSA) is 69.7 Å². The lowest BCUT2D eigenvalue weighted by Crippen LogP contribution is -2.60. The highest BCUT2D eigenvalue weighted by Crippen LogP contribution is 2.56. The number of ketones is 1. The third-order valence-corrected chi connectivity index (χ3v) is 11.9. The Labute approximate surface area is 206 Å². The minimum absolute atomic E-state index is 0.0870. The second-order valence-electron chi connectivity index (χ2n) is 12.0. The van der Waals surface area contributed by atoms with Gasteiger partial charge >= 0.3 is 11.9 Å². The van der Waals surface area contributed by atoms with Crippen LogP contribution in [0.2, 0.25) is 39.3 Å². The van der Waals surface area contributed by atoms with E-state index in [-0.39, 0.29) is 24.2 Å². The van der Waals surface area contributed by atoms with Crippen molar-refractivity contribution in [1.29, 1.82) is 0 Å². The molecule has 7 heteroatoms. The fraction of sp³-hybridized carbons (Fsp3) is 0.593. The maximum absolute atomic E-state index is 13.2. The molecule has 3 rings (SSSR count). The molecule has 0 saturated heterocycles. The van der Waals surface area contributed by atoms with Crippen molar-refractivity contribution in [3.8, 4) is 0 Å². The first kappa shape index (κ1) is 26.6. The van der Waals surface area contributed by atoms with Crippen LogP contribution in [-0.4, -0.2) is 47.6 Å². The predicted octanol–water partition coefficient (Wildman–Crippen LogP) is 3.99. The number of rotatable bonds is 7. The van der Waals surface area contributed by atoms with Gasteiger partial charge in [0.15, 0.2) is 5.78 Å². The standard InChI is InChI=1S/C27H40O5Si2/c1-9-32-24(29)11-10-13-27(25(30)31-2)18-26(14-12-23(27)28)17-19-15-21(33(3,4)5)22(16-20(19)26)34(6,7)8/h10-11,15-16H,9,12-14,17-18H2,1-8H3/b11-10+. The summed E-state index contributed by atoms with van der Waals surface area (Å²) in [4.78, 5) is 38.1. The van der Waals surface area contributed by atoms with Crippen molar-refractivity contribution in [2.75, 3.05) is 13.7 Å². The molecule has 2 aliphatic carbocycles. The molecular formula is C27H40O5Si2. The largest absolute Gasteiger partial charge is 0.468 e. The summed E-state index contributed by atoms with van der Waals surface area (Å²) in [7, 11) is -1.77. The van der Waals surface area contributed by atoms with Gasteiger partial charge in [0, 0.05) is 17.9 Å². The van der Waals surface area contributed by atoms with Gasteiger partial charge in [-0.25, -0.2) is 4.79 Å². The van der Waals surface area contributed by atoms with Crippen molar-refractivity contribution in [2.45, 2.75) is 83.7 Å². The summed E-state index contributed by atoms with van der Waals surface area (Å²) in [6.45, 7) is 16.4. The lowest BCUT2D eigenvalue weighted by molar-refractivity contribution is -0.162. The summed E-state index contributed by atoms with van der Waals surface area (Å²) in [5, 5.41) is 3.08. The molecule has 1 saturated carbocycles. The molecule has 186 valence electrons. The van der Waals surface area contributed by atoms with Crippen molar-refractivity contribution in [1.82, 2.24) is 0 Å². The van der Waals surface area contributed by atoms with Crippen LogP contribution in [0.1, 0.15) is 43.7 Å². The van der Waals surface area contributed by atoms with Gasteiger partial charge in [0.25, 0.3) is 0 Å². The number of carbonyl (C=O) groups excluding carboxylic acids is 3. The van der Waals surface area contributed by atoms with E-state index in [0.717, 1.165) is 12.8 Å². The van der Waals surface area contributed by atoms with Gasteiger partial charge in [0.2, 0.25) is 0 Å². The molecule has 34 heavy (non-hydrogen) atoms. The van der Waals surface area contributed by atoms with Crippen LogP contribution in [0, 0.1) is 5.41 Å². The number of hydrogen-bond donors (Lipinski definition) is 0. The minimum Gasteiger partial charge on any atom is -0.468 e. The van der Waals surface area contributed by atoms with Gasteiger partial charge in [0.1, 0.15) is 5.41 Å². The molecule has 1 aromatic rings. The molecule has 2 aliphatic rings. The highest BCUT2D eigenvalue weighted by molar-refractivity contribution is 6.98. The van der Waals surface area contributed by atoms with Crippen molar-refractivity contribution in [3.63, 3.8) is 0 Å². The van der Waals surface area contributed by atoms with Crippen LogP contribution in [-0.2, 0) is 35.7 Å². The zero-order valence-electron chi connectivity index (χ0n) is 22.1. The summed E-state index contributed by atoms with van der Waals surface area (Å²) in [6, 6.07) is 4.88. The highest BCUT2D eigenvalue weighted by Gasteiger charge is 2.58. The van der Waals surface area contributed by atoms with E-state index in [1.54, 1.807) is 18.2 Å². The molecule has 0 heterocycles. The Hall–Kier alpha value is -2.00. The Morgan fingerprint density at radius 2 is 1.68 bits per heavy atom. The lowest BCUT2D eigenvalue weighted by Gasteiger charge is -2.52. The normalized spacial score (nSPS) is 24.6. The van der Waals surface area contributed by atoms with Crippen molar-refractivity contribution < 1.29 is 23.9 Å². The molecule has 0 bridgehead atoms. The van der Waals surface area contributed by atoms with Gasteiger partial charge < -0.3 is 9.47 Å². The van der Waals surface area contributed by atoms with Gasteiger partial charge in [-0.05, 0) is 43.7 Å². The number of allylic oxidation sites excluding steroid dienone is 1. The van der Waals surface area contributed by atoms with Gasteiger partial charge in [-0.3, -0.25) is 9.59 Å². The number of fused-ring (bicyclic) bond motifs is 2. The number of hydrogen-bond acceptors (Lipinski definition) is 5. The summed E-state index contributed by atoms with van der Waals surface area (Å²) >= 11 is 0. The third kappa shape index (κ3) is 4.74. The van der Waals surface area contributed by atoms with Gasteiger partial charge in [0.05, 0.1) is 29.9 Å². The predicted molar refractivity (Wildman–Crippen MR) is 141 cm³/mol. The first-order chi connectivity index (χ1) is 15.7. The van der Waals surface area contributed by atoms with Crippen molar-refractivity contribution in [3.05, 3.63) is 35.4 Å². The van der Waals surface area contributed by atoms with E-state index in [1.165, 1.54) is 29.5 Å². The summed E-state index contributed by atoms with van der Waals surface area (Å²) < 4.78 is 10.1. The molecule has 2 unspecified atom stereocenters. The lowest BCUT2D eigenvalue weighted by atomic mass is 9.50. The SMILES string of the molecule is CCOC(=O)/C=C/CC1(C(=O)OC)CC2(CCC1=O)Cc1cc([Si](C)(C)C)c([Si](C)(C)C)cc12. The summed E-state index contributed by atoms with van der Waals surface area (Å²) in [5.41, 5.74) is 1.24. The quantitative estimate of drug-likeness (QED) is 0.245. The minimum atomic E-state index is -1.59. The summed E-state index contributed by atoms with van der Waals surface area (Å²) in [5.74, 6) is -1.05. The number of ether oxygens (including phenoxy) is 2. The maximum Gasteiger partial charge on any atom is 0.330 e. The van der Waals surface area contributed by atoms with Gasteiger partial charge in [-0.1, -0.05) is 67.9 Å². The fourth-order valence-corrected chi connectivity index (χ4v) is 11.0. The molecule has 1 spiro atoms. The molecule has 5 nitrogen and oxygen atoms in total. The second-order valence-corrected chi connectivity index (χ2v) is 22.1. The Morgan fingerprint density at radius 1 is 1.06 bits per heavy atom. The van der Waals surface area contributed by atoms with E-state index in [1.807, 2.05) is 0 Å². The molecule has 0 aliphatic heterocycles. The average Bonchev–Trinajstić information content (AvgIpc) is 2.72. The zero-order valence-corrected chi connectivity index (χ0v) is 24.1. The second kappa shape index (κ2) is 9.23. The van der Waals surface area contributed by atoms with Crippen LogP contribution in [0.25, 0.3) is 0 Å². The van der Waals surface area contributed by atoms with Gasteiger partial charge in [-0.2, -0.15) is 0 Å². The molecule has 2 atom stereocenters. The zero-order chi connectivity index (χ0) is 25.5. The molecule has 0 N–H and O–H groups in total. The fourth-order valence-electron chi connectivity index (χ4n) is 5.81. The van der Waals surface area contributed by atoms with Crippen molar-refractivity contribution >= 4 is 44.2 Å². The van der Waals surface area contributed by atoms with E-state index in [9.17, 15) is 14.4 Å². The highest BCUT2D eigenvalue weighted by atomic mass is 28.3. The first-order valence-corrected chi connectivity index (χ1v) is 19.3. The Morgan fingerprint density at radius 3 is 2.24 bits per heavy atom. The number of benzene rings is 1. The van der Waals surface area contributed by atoms with Gasteiger partial charge in [-0.15, -0.1) is 0 Å². The molecule has 0 amide bonds. The average molecular weight is 501 g/mol. The van der Waals surface area contributed by atoms with Crippen LogP contribution in [0.5, 0.6) is 0 Å². The van der Waals surface area contributed by atoms with Crippen LogP contribution in [0.3, 0.4) is 0 Å². The van der Waals surface area contributed by atoms with Crippen LogP contribution >= 0.6 is 0 Å². The number of methoxy groups -OCH3 is 1. The molecule has 0 aromatic heterocycles. The number of carbonyl (C=O) groups is 3. The van der Waals surface area contributed by atoms with E-state index < -0.39 is 33.5 Å². The molecule has 1 fully saturated rings. The molecular weight excluding hydrogens is 460 g/mol. The monoisotopic (exact) mass is 500 g/mol.